The Labute approximate surface area is 153 Å². The molecule has 2 heterocycles. The zero-order valence-corrected chi connectivity index (χ0v) is 16.2. The van der Waals surface area contributed by atoms with Crippen LogP contribution >= 0.6 is 11.3 Å². The van der Waals surface area contributed by atoms with E-state index in [2.05, 4.69) is 41.4 Å². The third-order valence-electron chi connectivity index (χ3n) is 4.83. The van der Waals surface area contributed by atoms with Crippen molar-refractivity contribution in [3.8, 4) is 10.6 Å². The molecule has 1 amide bonds. The Hall–Kier alpha value is -1.76. The van der Waals surface area contributed by atoms with Crippen LogP contribution in [0.25, 0.3) is 10.6 Å². The standard InChI is InChI=1S/C18H27N5OS/c1-12-5-14(7-18(3,4)6-12)17(24)20-13(2)9-23-10-15(21-22-23)16-8-19-11-25-16/h8,10-14H,5-7,9H2,1-4H3,(H,20,24)/t12-,13-,14+/m0/s1. The maximum absolute atomic E-state index is 12.7. The lowest BCUT2D eigenvalue weighted by Crippen LogP contribution is -2.43. The topological polar surface area (TPSA) is 72.7 Å². The molecule has 0 aliphatic heterocycles. The first-order chi connectivity index (χ1) is 11.8. The summed E-state index contributed by atoms with van der Waals surface area (Å²) in [5.74, 6) is 0.895. The minimum Gasteiger partial charge on any atom is -0.352 e. The monoisotopic (exact) mass is 361 g/mol. The minimum absolute atomic E-state index is 0.0175. The number of thiazole rings is 1. The summed E-state index contributed by atoms with van der Waals surface area (Å²) >= 11 is 1.54. The molecule has 1 fully saturated rings. The van der Waals surface area contributed by atoms with Gasteiger partial charge in [-0.1, -0.05) is 26.0 Å². The lowest BCUT2D eigenvalue weighted by Gasteiger charge is -2.38. The highest BCUT2D eigenvalue weighted by Crippen LogP contribution is 2.41. The lowest BCUT2D eigenvalue weighted by molar-refractivity contribution is -0.128. The Kier molecular flexibility index (Phi) is 5.22. The van der Waals surface area contributed by atoms with Crippen LogP contribution in [0.5, 0.6) is 0 Å². The highest BCUT2D eigenvalue weighted by molar-refractivity contribution is 7.13. The Morgan fingerprint density at radius 1 is 1.48 bits per heavy atom. The molecule has 1 saturated carbocycles. The maximum Gasteiger partial charge on any atom is 0.223 e. The van der Waals surface area contributed by atoms with Gasteiger partial charge in [0.2, 0.25) is 5.91 Å². The summed E-state index contributed by atoms with van der Waals surface area (Å²) in [6.07, 6.45) is 6.85. The molecule has 0 aromatic carbocycles. The number of hydrogen-bond donors (Lipinski definition) is 1. The molecule has 6 nitrogen and oxygen atoms in total. The van der Waals surface area contributed by atoms with Gasteiger partial charge in [-0.3, -0.25) is 9.78 Å². The average Bonchev–Trinajstić information content (AvgIpc) is 3.15. The van der Waals surface area contributed by atoms with Gasteiger partial charge < -0.3 is 5.32 Å². The Morgan fingerprint density at radius 3 is 2.96 bits per heavy atom. The van der Waals surface area contributed by atoms with Gasteiger partial charge in [-0.25, -0.2) is 4.68 Å². The SMILES string of the molecule is C[C@H]1C[C@@H](C(=O)N[C@@H](C)Cn2cc(-c3cncs3)nn2)CC(C)(C)C1. The summed E-state index contributed by atoms with van der Waals surface area (Å²) in [4.78, 5) is 17.7. The molecule has 1 aliphatic carbocycles. The number of nitrogens with zero attached hydrogens (tertiary/aromatic N) is 4. The van der Waals surface area contributed by atoms with Gasteiger partial charge in [-0.15, -0.1) is 16.4 Å². The van der Waals surface area contributed by atoms with E-state index in [1.807, 2.05) is 13.1 Å². The summed E-state index contributed by atoms with van der Waals surface area (Å²) in [7, 11) is 0. The van der Waals surface area contributed by atoms with Gasteiger partial charge in [0, 0.05) is 18.2 Å². The molecular weight excluding hydrogens is 334 g/mol. The molecule has 1 aliphatic rings. The minimum atomic E-state index is 0.0175. The van der Waals surface area contributed by atoms with Gasteiger partial charge >= 0.3 is 0 Å². The molecule has 0 bridgehead atoms. The number of carbonyl (C=O) groups is 1. The van der Waals surface area contributed by atoms with E-state index in [0.717, 1.165) is 23.4 Å². The molecule has 3 atom stereocenters. The highest BCUT2D eigenvalue weighted by Gasteiger charge is 2.35. The van der Waals surface area contributed by atoms with Crippen molar-refractivity contribution in [3.05, 3.63) is 17.9 Å². The molecule has 25 heavy (non-hydrogen) atoms. The first-order valence-electron chi connectivity index (χ1n) is 8.92. The van der Waals surface area contributed by atoms with E-state index in [-0.39, 0.29) is 23.3 Å². The summed E-state index contributed by atoms with van der Waals surface area (Å²) in [6.45, 7) is 9.42. The molecule has 3 rings (SSSR count). The molecule has 2 aromatic heterocycles. The Balaban J connectivity index is 1.55. The van der Waals surface area contributed by atoms with E-state index in [0.29, 0.717) is 12.5 Å². The van der Waals surface area contributed by atoms with Crippen molar-refractivity contribution in [2.45, 2.75) is 59.5 Å². The second kappa shape index (κ2) is 7.23. The number of nitrogens with one attached hydrogen (secondary N) is 1. The van der Waals surface area contributed by atoms with Crippen LogP contribution in [0.3, 0.4) is 0 Å². The van der Waals surface area contributed by atoms with Crippen molar-refractivity contribution in [1.29, 1.82) is 0 Å². The molecule has 0 unspecified atom stereocenters. The van der Waals surface area contributed by atoms with Crippen molar-refractivity contribution in [3.63, 3.8) is 0 Å². The van der Waals surface area contributed by atoms with E-state index in [1.54, 1.807) is 27.7 Å². The smallest absolute Gasteiger partial charge is 0.223 e. The average molecular weight is 362 g/mol. The fourth-order valence-corrected chi connectivity index (χ4v) is 4.65. The van der Waals surface area contributed by atoms with Crippen molar-refractivity contribution in [2.24, 2.45) is 17.3 Å². The van der Waals surface area contributed by atoms with E-state index in [1.165, 1.54) is 6.42 Å². The summed E-state index contributed by atoms with van der Waals surface area (Å²) in [5.41, 5.74) is 2.85. The van der Waals surface area contributed by atoms with Gasteiger partial charge in [-0.2, -0.15) is 0 Å². The van der Waals surface area contributed by atoms with E-state index >= 15 is 0 Å². The fraction of sp³-hybridized carbons (Fsp3) is 0.667. The lowest BCUT2D eigenvalue weighted by atomic mass is 9.68. The largest absolute Gasteiger partial charge is 0.352 e. The number of hydrogen-bond acceptors (Lipinski definition) is 5. The second-order valence-corrected chi connectivity index (χ2v) is 9.10. The van der Waals surface area contributed by atoms with Gasteiger partial charge in [-0.05, 0) is 37.5 Å². The van der Waals surface area contributed by atoms with E-state index < -0.39 is 0 Å². The molecule has 0 saturated heterocycles. The first-order valence-corrected chi connectivity index (χ1v) is 9.80. The van der Waals surface area contributed by atoms with Gasteiger partial charge in [0.05, 0.1) is 23.1 Å². The Bertz CT molecular complexity index is 709. The van der Waals surface area contributed by atoms with Crippen molar-refractivity contribution >= 4 is 17.2 Å². The normalized spacial score (nSPS) is 24.0. The first kappa shape index (κ1) is 18.0. The van der Waals surface area contributed by atoms with Crippen LogP contribution in [0.4, 0.5) is 0 Å². The predicted molar refractivity (Wildman–Crippen MR) is 99.0 cm³/mol. The van der Waals surface area contributed by atoms with Crippen LogP contribution in [0.2, 0.25) is 0 Å². The van der Waals surface area contributed by atoms with Gasteiger partial charge in [0.25, 0.3) is 0 Å². The van der Waals surface area contributed by atoms with Crippen molar-refractivity contribution in [2.75, 3.05) is 0 Å². The van der Waals surface area contributed by atoms with Crippen molar-refractivity contribution < 1.29 is 4.79 Å². The molecule has 7 heteroatoms. The van der Waals surface area contributed by atoms with Crippen LogP contribution in [0.15, 0.2) is 17.9 Å². The third-order valence-corrected chi connectivity index (χ3v) is 5.63. The fourth-order valence-electron chi connectivity index (χ4n) is 4.08. The van der Waals surface area contributed by atoms with E-state index in [4.69, 9.17) is 0 Å². The van der Waals surface area contributed by atoms with Crippen LogP contribution in [-0.4, -0.2) is 31.9 Å². The molecule has 136 valence electrons. The van der Waals surface area contributed by atoms with E-state index in [9.17, 15) is 4.79 Å². The summed E-state index contributed by atoms with van der Waals surface area (Å²) in [6, 6.07) is 0.0175. The molecular formula is C18H27N5OS. The third kappa shape index (κ3) is 4.66. The highest BCUT2D eigenvalue weighted by atomic mass is 32.1. The quantitative estimate of drug-likeness (QED) is 0.886. The maximum atomic E-state index is 12.7. The van der Waals surface area contributed by atoms with Crippen LogP contribution in [-0.2, 0) is 11.3 Å². The molecule has 0 spiro atoms. The van der Waals surface area contributed by atoms with Crippen LogP contribution in [0, 0.1) is 17.3 Å². The number of carbonyl (C=O) groups excluding carboxylic acids is 1. The second-order valence-electron chi connectivity index (χ2n) is 8.21. The molecule has 0 radical (unpaired) electrons. The Morgan fingerprint density at radius 2 is 2.28 bits per heavy atom. The van der Waals surface area contributed by atoms with Crippen LogP contribution < -0.4 is 5.32 Å². The predicted octanol–water partition coefficient (Wildman–Crippen LogP) is 3.37. The summed E-state index contributed by atoms with van der Waals surface area (Å²) in [5, 5.41) is 11.5. The molecule has 2 aromatic rings. The number of aromatic nitrogens is 4. The summed E-state index contributed by atoms with van der Waals surface area (Å²) < 4.78 is 1.79. The zero-order chi connectivity index (χ0) is 18.0. The molecule has 1 N–H and O–H groups in total. The number of rotatable bonds is 5. The van der Waals surface area contributed by atoms with Gasteiger partial charge in [0.15, 0.2) is 0 Å². The van der Waals surface area contributed by atoms with Gasteiger partial charge in [0.1, 0.15) is 5.69 Å². The zero-order valence-electron chi connectivity index (χ0n) is 15.4. The van der Waals surface area contributed by atoms with Crippen LogP contribution in [0.1, 0.15) is 47.0 Å². The van der Waals surface area contributed by atoms with Crippen molar-refractivity contribution in [1.82, 2.24) is 25.3 Å². The number of amides is 1.